The fourth-order valence-electron chi connectivity index (χ4n) is 1.33. The SMILES string of the molecule is N#[N+]N=c1ccn([O-])c2ccccc12. The summed E-state index contributed by atoms with van der Waals surface area (Å²) in [5, 5.41) is 27.0. The molecule has 0 aliphatic rings. The maximum absolute atomic E-state index is 11.3. The lowest BCUT2D eigenvalue weighted by molar-refractivity contribution is 1.11. The van der Waals surface area contributed by atoms with Gasteiger partial charge in [0.15, 0.2) is 10.5 Å². The van der Waals surface area contributed by atoms with Crippen LogP contribution in [0.3, 0.4) is 0 Å². The number of rotatable bonds is 0. The van der Waals surface area contributed by atoms with E-state index in [1.165, 1.54) is 12.3 Å². The zero-order valence-electron chi connectivity index (χ0n) is 7.16. The Morgan fingerprint density at radius 2 is 2.07 bits per heavy atom. The highest BCUT2D eigenvalue weighted by molar-refractivity contribution is 5.78. The second-order valence-corrected chi connectivity index (χ2v) is 2.73. The van der Waals surface area contributed by atoms with Gasteiger partial charge in [-0.05, 0) is 12.1 Å². The molecule has 0 saturated carbocycles. The molecule has 0 N–H and O–H groups in total. The van der Waals surface area contributed by atoms with Gasteiger partial charge in [-0.1, -0.05) is 18.2 Å². The molecule has 0 atom stereocenters. The lowest BCUT2D eigenvalue weighted by Crippen LogP contribution is -2.05. The highest BCUT2D eigenvalue weighted by atomic mass is 16.5. The quantitative estimate of drug-likeness (QED) is 0.463. The van der Waals surface area contributed by atoms with Crippen molar-refractivity contribution in [1.82, 2.24) is 4.73 Å². The Morgan fingerprint density at radius 3 is 2.86 bits per heavy atom. The maximum atomic E-state index is 11.3. The molecule has 68 valence electrons. The first-order valence-electron chi connectivity index (χ1n) is 3.99. The zero-order chi connectivity index (χ0) is 9.97. The van der Waals surface area contributed by atoms with Crippen molar-refractivity contribution < 1.29 is 0 Å². The molecule has 0 bridgehead atoms. The molecular formula is C9H6N4O. The smallest absolute Gasteiger partial charge is 0.339 e. The third-order valence-electron chi connectivity index (χ3n) is 1.94. The van der Waals surface area contributed by atoms with Gasteiger partial charge in [0, 0.05) is 17.1 Å². The Balaban J connectivity index is 2.98. The number of diazo groups is 1. The van der Waals surface area contributed by atoms with Gasteiger partial charge >= 0.3 is 5.08 Å². The van der Waals surface area contributed by atoms with Gasteiger partial charge in [-0.15, -0.1) is 0 Å². The highest BCUT2D eigenvalue weighted by Crippen LogP contribution is 2.07. The summed E-state index contributed by atoms with van der Waals surface area (Å²) in [4.78, 5) is 0. The van der Waals surface area contributed by atoms with Crippen LogP contribution in [-0.2, 0) is 0 Å². The van der Waals surface area contributed by atoms with Crippen molar-refractivity contribution in [1.29, 1.82) is 5.39 Å². The van der Waals surface area contributed by atoms with Crippen molar-refractivity contribution in [2.24, 2.45) is 5.10 Å². The van der Waals surface area contributed by atoms with Crippen LogP contribution in [0.1, 0.15) is 0 Å². The molecule has 0 saturated heterocycles. The number of benzene rings is 1. The maximum Gasteiger partial charge on any atom is 0.339 e. The Kier molecular flexibility index (Phi) is 1.88. The van der Waals surface area contributed by atoms with Crippen LogP contribution in [0, 0.1) is 10.6 Å². The molecule has 0 aliphatic carbocycles. The fraction of sp³-hybridized carbons (Fsp3) is 0. The number of hydrogen-bond donors (Lipinski definition) is 0. The van der Waals surface area contributed by atoms with Gasteiger partial charge < -0.3 is 9.94 Å². The van der Waals surface area contributed by atoms with Crippen molar-refractivity contribution in [2.75, 3.05) is 0 Å². The second-order valence-electron chi connectivity index (χ2n) is 2.73. The van der Waals surface area contributed by atoms with E-state index in [0.29, 0.717) is 16.3 Å². The van der Waals surface area contributed by atoms with Crippen molar-refractivity contribution in [3.05, 3.63) is 52.2 Å². The summed E-state index contributed by atoms with van der Waals surface area (Å²) in [5.74, 6) is 0. The van der Waals surface area contributed by atoms with Crippen LogP contribution in [0.5, 0.6) is 0 Å². The standard InChI is InChI=1S/C9H6N4O/c10-12-11-8-5-6-13(14)9-4-2-1-3-7(8)9/h1-6H. The van der Waals surface area contributed by atoms with E-state index in [4.69, 9.17) is 5.39 Å². The average Bonchev–Trinajstić information content (AvgIpc) is 2.23. The molecule has 0 radical (unpaired) electrons. The van der Waals surface area contributed by atoms with Crippen LogP contribution in [0.2, 0.25) is 0 Å². The lowest BCUT2D eigenvalue weighted by Gasteiger charge is -2.12. The number of para-hydroxylation sites is 1. The van der Waals surface area contributed by atoms with Gasteiger partial charge in [-0.2, -0.15) is 0 Å². The minimum absolute atomic E-state index is 0.468. The number of hydrogen-bond acceptors (Lipinski definition) is 3. The minimum Gasteiger partial charge on any atom is -0.806 e. The third kappa shape index (κ3) is 1.19. The number of aromatic nitrogens is 1. The summed E-state index contributed by atoms with van der Waals surface area (Å²) >= 11 is 0. The number of nitrogens with zero attached hydrogens (tertiary/aromatic N) is 4. The Bertz CT molecular complexity index is 579. The molecule has 2 aromatic rings. The van der Waals surface area contributed by atoms with Crippen molar-refractivity contribution in [2.45, 2.75) is 0 Å². The van der Waals surface area contributed by atoms with Gasteiger partial charge in [0.05, 0.1) is 0 Å². The van der Waals surface area contributed by atoms with Crippen LogP contribution in [0.25, 0.3) is 16.0 Å². The van der Waals surface area contributed by atoms with Crippen LogP contribution in [0.4, 0.5) is 0 Å². The van der Waals surface area contributed by atoms with Crippen LogP contribution in [0.15, 0.2) is 41.6 Å². The predicted octanol–water partition coefficient (Wildman–Crippen LogP) is 1.66. The molecule has 1 aromatic heterocycles. The molecule has 1 heterocycles. The van der Waals surface area contributed by atoms with Crippen LogP contribution >= 0.6 is 0 Å². The van der Waals surface area contributed by atoms with Crippen molar-refractivity contribution in [3.8, 4) is 0 Å². The molecular weight excluding hydrogens is 180 g/mol. The zero-order valence-corrected chi connectivity index (χ0v) is 7.16. The average molecular weight is 186 g/mol. The monoisotopic (exact) mass is 186 g/mol. The normalized spacial score (nSPS) is 11.5. The molecule has 0 spiro atoms. The summed E-state index contributed by atoms with van der Waals surface area (Å²) in [7, 11) is 0. The molecule has 2 rings (SSSR count). The second kappa shape index (κ2) is 3.18. The highest BCUT2D eigenvalue weighted by Gasteiger charge is 1.98. The van der Waals surface area contributed by atoms with Crippen molar-refractivity contribution in [3.63, 3.8) is 0 Å². The summed E-state index contributed by atoms with van der Waals surface area (Å²) in [5.41, 5.74) is 0.498. The van der Waals surface area contributed by atoms with E-state index in [-0.39, 0.29) is 0 Å². The van der Waals surface area contributed by atoms with Crippen LogP contribution in [-0.4, -0.2) is 4.73 Å². The third-order valence-corrected chi connectivity index (χ3v) is 1.94. The van der Waals surface area contributed by atoms with E-state index in [2.05, 4.69) is 10.2 Å². The molecule has 14 heavy (non-hydrogen) atoms. The fourth-order valence-corrected chi connectivity index (χ4v) is 1.33. The lowest BCUT2D eigenvalue weighted by atomic mass is 10.2. The van der Waals surface area contributed by atoms with E-state index in [9.17, 15) is 5.21 Å². The van der Waals surface area contributed by atoms with E-state index in [1.54, 1.807) is 24.3 Å². The van der Waals surface area contributed by atoms with E-state index in [1.807, 2.05) is 0 Å². The topological polar surface area (TPSA) is 68.5 Å². The van der Waals surface area contributed by atoms with Crippen molar-refractivity contribution >= 4 is 10.9 Å². The van der Waals surface area contributed by atoms with Gasteiger partial charge in [-0.3, -0.25) is 0 Å². The Morgan fingerprint density at radius 1 is 1.29 bits per heavy atom. The first-order valence-corrected chi connectivity index (χ1v) is 3.99. The summed E-state index contributed by atoms with van der Waals surface area (Å²) in [6, 6.07) is 8.47. The molecule has 0 aliphatic heterocycles. The molecule has 1 aromatic carbocycles. The first-order chi connectivity index (χ1) is 6.83. The molecule has 5 heteroatoms. The number of fused-ring (bicyclic) bond motifs is 1. The minimum atomic E-state index is 0.468. The summed E-state index contributed by atoms with van der Waals surface area (Å²) < 4.78 is 0.742. The number of pyridine rings is 1. The molecule has 0 amide bonds. The van der Waals surface area contributed by atoms with E-state index >= 15 is 0 Å². The predicted molar refractivity (Wildman–Crippen MR) is 51.4 cm³/mol. The van der Waals surface area contributed by atoms with Gasteiger partial charge in [0.1, 0.15) is 0 Å². The van der Waals surface area contributed by atoms with E-state index in [0.717, 1.165) is 4.73 Å². The summed E-state index contributed by atoms with van der Waals surface area (Å²) in [6.07, 6.45) is 1.33. The van der Waals surface area contributed by atoms with Gasteiger partial charge in [-0.25, -0.2) is 0 Å². The molecule has 0 fully saturated rings. The van der Waals surface area contributed by atoms with Gasteiger partial charge in [0.2, 0.25) is 0 Å². The first kappa shape index (κ1) is 8.26. The largest absolute Gasteiger partial charge is 0.806 e. The molecule has 0 unspecified atom stereocenters. The van der Waals surface area contributed by atoms with Crippen LogP contribution < -0.4 is 5.36 Å². The van der Waals surface area contributed by atoms with Gasteiger partial charge in [0.25, 0.3) is 5.39 Å². The Labute approximate surface area is 79.1 Å². The Hall–Kier alpha value is -2.35. The van der Waals surface area contributed by atoms with E-state index < -0.39 is 0 Å². The molecule has 5 nitrogen and oxygen atoms in total. The summed E-state index contributed by atoms with van der Waals surface area (Å²) in [6.45, 7) is 0.